The second-order valence-electron chi connectivity index (χ2n) is 2.41. The fraction of sp³-hybridized carbons (Fsp3) is 0.375. The lowest BCUT2D eigenvalue weighted by atomic mass is 10.1. The van der Waals surface area contributed by atoms with Crippen LogP contribution < -0.4 is 5.32 Å². The number of pyridine rings is 1. The fourth-order valence-electron chi connectivity index (χ4n) is 0.893. The summed E-state index contributed by atoms with van der Waals surface area (Å²) in [5.41, 5.74) is 0.655. The molecule has 0 fully saturated rings. The highest BCUT2D eigenvalue weighted by atomic mass is 19.1. The maximum absolute atomic E-state index is 12.9. The van der Waals surface area contributed by atoms with Crippen LogP contribution in [0.1, 0.15) is 18.5 Å². The topological polar surface area (TPSA) is 24.9 Å². The van der Waals surface area contributed by atoms with Crippen molar-refractivity contribution in [3.05, 3.63) is 29.8 Å². The molecule has 1 heterocycles. The second-order valence-corrected chi connectivity index (χ2v) is 2.41. The molecule has 0 bridgehead atoms. The molecule has 3 heteroatoms. The highest BCUT2D eigenvalue weighted by Gasteiger charge is 2.06. The summed E-state index contributed by atoms with van der Waals surface area (Å²) < 4.78 is 12.9. The lowest BCUT2D eigenvalue weighted by Crippen LogP contribution is -2.13. The summed E-state index contributed by atoms with van der Waals surface area (Å²) in [5, 5.41) is 2.95. The minimum absolute atomic E-state index is 0.0398. The average molecular weight is 154 g/mol. The molecule has 1 rings (SSSR count). The van der Waals surface area contributed by atoms with Crippen molar-refractivity contribution in [2.45, 2.75) is 13.0 Å². The van der Waals surface area contributed by atoms with Gasteiger partial charge in [-0.1, -0.05) is 0 Å². The minimum Gasteiger partial charge on any atom is -0.313 e. The van der Waals surface area contributed by atoms with Gasteiger partial charge < -0.3 is 5.32 Å². The predicted octanol–water partition coefficient (Wildman–Crippen LogP) is 1.50. The Morgan fingerprint density at radius 2 is 2.36 bits per heavy atom. The van der Waals surface area contributed by atoms with Gasteiger partial charge in [0.15, 0.2) is 0 Å². The number of nitrogens with one attached hydrogen (secondary N) is 1. The van der Waals surface area contributed by atoms with Crippen molar-refractivity contribution in [2.75, 3.05) is 7.05 Å². The van der Waals surface area contributed by atoms with Gasteiger partial charge in [-0.15, -0.1) is 0 Å². The van der Waals surface area contributed by atoms with Crippen molar-refractivity contribution in [3.63, 3.8) is 0 Å². The van der Waals surface area contributed by atoms with Crippen LogP contribution in [0.3, 0.4) is 0 Å². The van der Waals surface area contributed by atoms with Gasteiger partial charge in [0.25, 0.3) is 0 Å². The quantitative estimate of drug-likeness (QED) is 0.698. The van der Waals surface area contributed by atoms with E-state index in [4.69, 9.17) is 0 Å². The molecule has 0 spiro atoms. The molecule has 0 saturated carbocycles. The molecule has 2 nitrogen and oxygen atoms in total. The SMILES string of the molecule is CNC(C)c1ccncc1F. The maximum atomic E-state index is 12.9. The van der Waals surface area contributed by atoms with Gasteiger partial charge in [-0.3, -0.25) is 4.98 Å². The van der Waals surface area contributed by atoms with Crippen LogP contribution in [0.2, 0.25) is 0 Å². The summed E-state index contributed by atoms with van der Waals surface area (Å²) in [5.74, 6) is -0.255. The van der Waals surface area contributed by atoms with Gasteiger partial charge in [-0.05, 0) is 20.0 Å². The Morgan fingerprint density at radius 1 is 1.64 bits per heavy atom. The molecule has 1 N–H and O–H groups in total. The molecule has 0 amide bonds. The van der Waals surface area contributed by atoms with Crippen LogP contribution in [0.25, 0.3) is 0 Å². The zero-order chi connectivity index (χ0) is 8.27. The number of halogens is 1. The molecular weight excluding hydrogens is 143 g/mol. The monoisotopic (exact) mass is 154 g/mol. The van der Waals surface area contributed by atoms with Crippen molar-refractivity contribution in [1.29, 1.82) is 0 Å². The maximum Gasteiger partial charge on any atom is 0.146 e. The molecule has 11 heavy (non-hydrogen) atoms. The van der Waals surface area contributed by atoms with Crippen molar-refractivity contribution in [1.82, 2.24) is 10.3 Å². The van der Waals surface area contributed by atoms with Gasteiger partial charge in [0.05, 0.1) is 6.20 Å². The number of nitrogens with zero attached hydrogens (tertiary/aromatic N) is 1. The van der Waals surface area contributed by atoms with Crippen LogP contribution in [-0.2, 0) is 0 Å². The molecule has 0 radical (unpaired) electrons. The lowest BCUT2D eigenvalue weighted by molar-refractivity contribution is 0.557. The van der Waals surface area contributed by atoms with Crippen molar-refractivity contribution < 1.29 is 4.39 Å². The summed E-state index contributed by atoms with van der Waals surface area (Å²) in [6.07, 6.45) is 2.81. The van der Waals surface area contributed by atoms with Gasteiger partial charge in [-0.2, -0.15) is 0 Å². The van der Waals surface area contributed by atoms with E-state index >= 15 is 0 Å². The van der Waals surface area contributed by atoms with E-state index < -0.39 is 0 Å². The Balaban J connectivity index is 2.93. The first-order valence-corrected chi connectivity index (χ1v) is 3.52. The molecule has 60 valence electrons. The van der Waals surface area contributed by atoms with Gasteiger partial charge >= 0.3 is 0 Å². The van der Waals surface area contributed by atoms with Crippen LogP contribution >= 0.6 is 0 Å². The van der Waals surface area contributed by atoms with E-state index in [2.05, 4.69) is 10.3 Å². The highest BCUT2D eigenvalue weighted by Crippen LogP contribution is 2.13. The Hall–Kier alpha value is -0.960. The summed E-state index contributed by atoms with van der Waals surface area (Å²) in [6.45, 7) is 1.90. The average Bonchev–Trinajstić information content (AvgIpc) is 2.04. The molecule has 1 aromatic heterocycles. The first kappa shape index (κ1) is 8.14. The fourth-order valence-corrected chi connectivity index (χ4v) is 0.893. The van der Waals surface area contributed by atoms with E-state index in [0.717, 1.165) is 0 Å². The van der Waals surface area contributed by atoms with Gasteiger partial charge in [-0.25, -0.2) is 4.39 Å². The molecule has 0 aliphatic carbocycles. The van der Waals surface area contributed by atoms with Crippen LogP contribution in [0, 0.1) is 5.82 Å². The lowest BCUT2D eigenvalue weighted by Gasteiger charge is -2.09. The van der Waals surface area contributed by atoms with Gasteiger partial charge in [0.2, 0.25) is 0 Å². The third-order valence-electron chi connectivity index (χ3n) is 1.70. The highest BCUT2D eigenvalue weighted by molar-refractivity contribution is 5.16. The van der Waals surface area contributed by atoms with Crippen molar-refractivity contribution >= 4 is 0 Å². The summed E-state index contributed by atoms with van der Waals surface area (Å²) in [4.78, 5) is 3.66. The molecule has 1 unspecified atom stereocenters. The standard InChI is InChI=1S/C8H11FN2/c1-6(10-2)7-3-4-11-5-8(7)9/h3-6,10H,1-2H3. The van der Waals surface area contributed by atoms with E-state index in [1.165, 1.54) is 6.20 Å². The Labute approximate surface area is 65.5 Å². The molecule has 0 aliphatic rings. The zero-order valence-corrected chi connectivity index (χ0v) is 6.63. The predicted molar refractivity (Wildman–Crippen MR) is 41.7 cm³/mol. The van der Waals surface area contributed by atoms with E-state index in [1.807, 2.05) is 6.92 Å². The molecule has 1 atom stereocenters. The van der Waals surface area contributed by atoms with E-state index in [-0.39, 0.29) is 11.9 Å². The number of aromatic nitrogens is 1. The third-order valence-corrected chi connectivity index (χ3v) is 1.70. The molecule has 0 saturated heterocycles. The first-order valence-electron chi connectivity index (χ1n) is 3.52. The first-order chi connectivity index (χ1) is 5.25. The second kappa shape index (κ2) is 3.44. The number of hydrogen-bond acceptors (Lipinski definition) is 2. The molecule has 1 aromatic rings. The zero-order valence-electron chi connectivity index (χ0n) is 6.63. The van der Waals surface area contributed by atoms with E-state index in [0.29, 0.717) is 5.56 Å². The Morgan fingerprint density at radius 3 is 2.91 bits per heavy atom. The number of hydrogen-bond donors (Lipinski definition) is 1. The van der Waals surface area contributed by atoms with Crippen molar-refractivity contribution in [3.8, 4) is 0 Å². The van der Waals surface area contributed by atoms with E-state index in [1.54, 1.807) is 19.3 Å². The number of rotatable bonds is 2. The van der Waals surface area contributed by atoms with Gasteiger partial charge in [0, 0.05) is 17.8 Å². The van der Waals surface area contributed by atoms with Crippen LogP contribution in [0.5, 0.6) is 0 Å². The Bertz CT molecular complexity index is 237. The van der Waals surface area contributed by atoms with Crippen LogP contribution in [0.15, 0.2) is 18.5 Å². The largest absolute Gasteiger partial charge is 0.313 e. The van der Waals surface area contributed by atoms with E-state index in [9.17, 15) is 4.39 Å². The molecule has 0 aromatic carbocycles. The van der Waals surface area contributed by atoms with Crippen LogP contribution in [-0.4, -0.2) is 12.0 Å². The smallest absolute Gasteiger partial charge is 0.146 e. The summed E-state index contributed by atoms with van der Waals surface area (Å²) in [6, 6.07) is 1.72. The summed E-state index contributed by atoms with van der Waals surface area (Å²) in [7, 11) is 1.80. The summed E-state index contributed by atoms with van der Waals surface area (Å²) >= 11 is 0. The minimum atomic E-state index is -0.255. The van der Waals surface area contributed by atoms with Crippen molar-refractivity contribution in [2.24, 2.45) is 0 Å². The normalized spacial score (nSPS) is 13.0. The molecular formula is C8H11FN2. The third kappa shape index (κ3) is 1.74. The van der Waals surface area contributed by atoms with Crippen LogP contribution in [0.4, 0.5) is 4.39 Å². The Kier molecular flexibility index (Phi) is 2.54. The molecule has 0 aliphatic heterocycles. The van der Waals surface area contributed by atoms with Gasteiger partial charge in [0.1, 0.15) is 5.82 Å².